The SMILES string of the molecule is CCCCOCCOc1ccc(-c2ccc(F)c(/C(C)=C/C(=O)Nc3ccc(SCc4cncn4CCC)cc3)c2)cc1. The summed E-state index contributed by atoms with van der Waals surface area (Å²) in [5.41, 5.74) is 4.56. The van der Waals surface area contributed by atoms with E-state index in [0.29, 0.717) is 30.0 Å². The third kappa shape index (κ3) is 9.83. The molecule has 1 N–H and O–H groups in total. The molecule has 0 fully saturated rings. The van der Waals surface area contributed by atoms with Gasteiger partial charge in [-0.3, -0.25) is 4.79 Å². The van der Waals surface area contributed by atoms with Gasteiger partial charge in [0, 0.05) is 53.0 Å². The number of ether oxygens (including phenoxy) is 2. The van der Waals surface area contributed by atoms with Crippen molar-refractivity contribution in [2.24, 2.45) is 0 Å². The molecule has 0 bridgehead atoms. The highest BCUT2D eigenvalue weighted by atomic mass is 32.2. The number of nitrogens with one attached hydrogen (secondary N) is 1. The maximum atomic E-state index is 14.8. The summed E-state index contributed by atoms with van der Waals surface area (Å²) in [6.07, 6.45) is 8.43. The number of carbonyl (C=O) groups is 1. The monoisotopic (exact) mass is 601 g/mol. The van der Waals surface area contributed by atoms with E-state index in [1.807, 2.05) is 61.1 Å². The maximum Gasteiger partial charge on any atom is 0.248 e. The lowest BCUT2D eigenvalue weighted by Crippen LogP contribution is -2.08. The van der Waals surface area contributed by atoms with Gasteiger partial charge in [-0.15, -0.1) is 11.8 Å². The minimum absolute atomic E-state index is 0.314. The standard InChI is InChI=1S/C35H40FN3O3S/c1-4-6-18-41-19-20-42-31-12-7-27(8-13-31)28-9-16-34(36)33(22-28)26(3)21-35(40)38-29-10-14-32(15-11-29)43-24-30-23-37-25-39(30)17-5-2/h7-16,21-23,25H,4-6,17-20,24H2,1-3H3,(H,38,40)/b26-21+. The zero-order chi connectivity index (χ0) is 30.4. The molecule has 4 rings (SSSR count). The third-order valence-electron chi connectivity index (χ3n) is 6.84. The van der Waals surface area contributed by atoms with Gasteiger partial charge in [0.05, 0.1) is 12.9 Å². The molecule has 0 radical (unpaired) electrons. The number of nitrogens with zero attached hydrogens (tertiary/aromatic N) is 2. The van der Waals surface area contributed by atoms with Crippen molar-refractivity contribution in [2.45, 2.75) is 57.2 Å². The number of imidazole rings is 1. The van der Waals surface area contributed by atoms with Crippen LogP contribution in [0.1, 0.15) is 51.3 Å². The molecule has 226 valence electrons. The Morgan fingerprint density at radius 1 is 0.977 bits per heavy atom. The van der Waals surface area contributed by atoms with Gasteiger partial charge in [-0.25, -0.2) is 9.37 Å². The number of thioether (sulfide) groups is 1. The Morgan fingerprint density at radius 3 is 2.49 bits per heavy atom. The molecule has 0 atom stereocenters. The average molecular weight is 602 g/mol. The molecule has 0 saturated heterocycles. The largest absolute Gasteiger partial charge is 0.491 e. The number of aryl methyl sites for hydroxylation is 1. The normalized spacial score (nSPS) is 11.5. The van der Waals surface area contributed by atoms with Crippen molar-refractivity contribution >= 4 is 28.9 Å². The quantitative estimate of drug-likeness (QED) is 0.0791. The molecule has 1 aromatic heterocycles. The minimum atomic E-state index is -0.380. The van der Waals surface area contributed by atoms with E-state index in [-0.39, 0.29) is 11.7 Å². The van der Waals surface area contributed by atoms with E-state index in [9.17, 15) is 9.18 Å². The van der Waals surface area contributed by atoms with Crippen LogP contribution in [-0.2, 0) is 21.8 Å². The van der Waals surface area contributed by atoms with Crippen LogP contribution in [-0.4, -0.2) is 35.3 Å². The molecule has 0 aliphatic rings. The lowest BCUT2D eigenvalue weighted by Gasteiger charge is -2.10. The topological polar surface area (TPSA) is 65.4 Å². The fraction of sp³-hybridized carbons (Fsp3) is 0.314. The molecule has 1 heterocycles. The van der Waals surface area contributed by atoms with Crippen LogP contribution in [0.25, 0.3) is 16.7 Å². The van der Waals surface area contributed by atoms with Crippen molar-refractivity contribution in [2.75, 3.05) is 25.1 Å². The van der Waals surface area contributed by atoms with E-state index in [2.05, 4.69) is 28.7 Å². The summed E-state index contributed by atoms with van der Waals surface area (Å²) in [5.74, 6) is 0.885. The molecule has 43 heavy (non-hydrogen) atoms. The van der Waals surface area contributed by atoms with Gasteiger partial charge in [0.2, 0.25) is 5.91 Å². The van der Waals surface area contributed by atoms with Crippen LogP contribution in [0.2, 0.25) is 0 Å². The van der Waals surface area contributed by atoms with Crippen molar-refractivity contribution in [3.63, 3.8) is 0 Å². The predicted molar refractivity (Wildman–Crippen MR) is 174 cm³/mol. The second-order valence-electron chi connectivity index (χ2n) is 10.2. The number of anilines is 1. The first-order valence-corrected chi connectivity index (χ1v) is 15.8. The Hall–Kier alpha value is -3.88. The van der Waals surface area contributed by atoms with E-state index >= 15 is 0 Å². The number of allylic oxidation sites excluding steroid dienone is 1. The third-order valence-corrected chi connectivity index (χ3v) is 7.88. The van der Waals surface area contributed by atoms with Crippen molar-refractivity contribution in [3.8, 4) is 16.9 Å². The summed E-state index contributed by atoms with van der Waals surface area (Å²) in [7, 11) is 0. The van der Waals surface area contributed by atoms with Crippen LogP contribution in [0.3, 0.4) is 0 Å². The van der Waals surface area contributed by atoms with Gasteiger partial charge >= 0.3 is 0 Å². The smallest absolute Gasteiger partial charge is 0.248 e. The van der Waals surface area contributed by atoms with Gasteiger partial charge in [0.15, 0.2) is 0 Å². The van der Waals surface area contributed by atoms with Crippen LogP contribution >= 0.6 is 11.8 Å². The van der Waals surface area contributed by atoms with Crippen LogP contribution in [0.4, 0.5) is 10.1 Å². The first-order valence-electron chi connectivity index (χ1n) is 14.8. The zero-order valence-corrected chi connectivity index (χ0v) is 26.0. The molecule has 0 spiro atoms. The Balaban J connectivity index is 1.32. The van der Waals surface area contributed by atoms with E-state index in [1.165, 1.54) is 17.8 Å². The highest BCUT2D eigenvalue weighted by Crippen LogP contribution is 2.28. The van der Waals surface area contributed by atoms with Gasteiger partial charge in [-0.1, -0.05) is 38.5 Å². The zero-order valence-electron chi connectivity index (χ0n) is 25.1. The molecule has 0 aliphatic carbocycles. The number of amides is 1. The first-order chi connectivity index (χ1) is 21.0. The number of rotatable bonds is 16. The van der Waals surface area contributed by atoms with Gasteiger partial charge in [0.25, 0.3) is 0 Å². The molecular formula is C35H40FN3O3S. The lowest BCUT2D eigenvalue weighted by molar-refractivity contribution is -0.111. The van der Waals surface area contributed by atoms with Crippen molar-refractivity contribution < 1.29 is 18.7 Å². The molecular weight excluding hydrogens is 561 g/mol. The molecule has 8 heteroatoms. The first kappa shape index (κ1) is 32.0. The molecule has 4 aromatic rings. The van der Waals surface area contributed by atoms with E-state index in [4.69, 9.17) is 9.47 Å². The second-order valence-corrected chi connectivity index (χ2v) is 11.3. The molecule has 3 aromatic carbocycles. The number of aromatic nitrogens is 2. The van der Waals surface area contributed by atoms with E-state index in [1.54, 1.807) is 30.8 Å². The van der Waals surface area contributed by atoms with Crippen LogP contribution in [0, 0.1) is 5.82 Å². The number of hydrogen-bond acceptors (Lipinski definition) is 5. The van der Waals surface area contributed by atoms with Crippen molar-refractivity contribution in [1.29, 1.82) is 0 Å². The molecule has 0 saturated carbocycles. The number of hydrogen-bond donors (Lipinski definition) is 1. The van der Waals surface area contributed by atoms with E-state index in [0.717, 1.165) is 59.9 Å². The molecule has 0 unspecified atom stereocenters. The minimum Gasteiger partial charge on any atom is -0.491 e. The van der Waals surface area contributed by atoms with Gasteiger partial charge in [0.1, 0.15) is 18.2 Å². The fourth-order valence-corrected chi connectivity index (χ4v) is 5.36. The van der Waals surface area contributed by atoms with Crippen molar-refractivity contribution in [3.05, 3.63) is 102 Å². The van der Waals surface area contributed by atoms with Crippen LogP contribution < -0.4 is 10.1 Å². The number of unbranched alkanes of at least 4 members (excludes halogenated alkanes) is 1. The number of carbonyl (C=O) groups excluding carboxylic acids is 1. The predicted octanol–water partition coefficient (Wildman–Crippen LogP) is 8.63. The molecule has 0 aliphatic heterocycles. The average Bonchev–Trinajstić information content (AvgIpc) is 3.46. The number of benzene rings is 3. The highest BCUT2D eigenvalue weighted by Gasteiger charge is 2.10. The lowest BCUT2D eigenvalue weighted by atomic mass is 9.99. The Bertz CT molecular complexity index is 1480. The highest BCUT2D eigenvalue weighted by molar-refractivity contribution is 7.98. The maximum absolute atomic E-state index is 14.8. The summed E-state index contributed by atoms with van der Waals surface area (Å²) in [6.45, 7) is 8.78. The summed E-state index contributed by atoms with van der Waals surface area (Å²) in [6, 6.07) is 20.3. The summed E-state index contributed by atoms with van der Waals surface area (Å²) >= 11 is 1.72. The Morgan fingerprint density at radius 2 is 1.74 bits per heavy atom. The summed E-state index contributed by atoms with van der Waals surface area (Å²) in [5, 5.41) is 2.88. The number of halogens is 1. The fourth-order valence-electron chi connectivity index (χ4n) is 4.47. The Kier molecular flexibility index (Phi) is 12.4. The second kappa shape index (κ2) is 16.7. The van der Waals surface area contributed by atoms with Crippen molar-refractivity contribution in [1.82, 2.24) is 9.55 Å². The van der Waals surface area contributed by atoms with Crippen LogP contribution in [0.15, 0.2) is 90.2 Å². The van der Waals surface area contributed by atoms with Crippen LogP contribution in [0.5, 0.6) is 5.75 Å². The Labute approximate surface area is 258 Å². The van der Waals surface area contributed by atoms with Gasteiger partial charge in [-0.05, 0) is 85.0 Å². The summed E-state index contributed by atoms with van der Waals surface area (Å²) < 4.78 is 28.3. The molecule has 6 nitrogen and oxygen atoms in total. The van der Waals surface area contributed by atoms with Gasteiger partial charge < -0.3 is 19.4 Å². The molecule has 1 amide bonds. The summed E-state index contributed by atoms with van der Waals surface area (Å²) in [4.78, 5) is 18.1. The van der Waals surface area contributed by atoms with Gasteiger partial charge in [-0.2, -0.15) is 0 Å². The van der Waals surface area contributed by atoms with E-state index < -0.39 is 0 Å².